The van der Waals surface area contributed by atoms with Crippen molar-refractivity contribution in [2.24, 2.45) is 5.73 Å². The van der Waals surface area contributed by atoms with E-state index in [2.05, 4.69) is 5.32 Å². The Balaban J connectivity index is 2.49. The summed E-state index contributed by atoms with van der Waals surface area (Å²) >= 11 is 0. The number of rotatable bonds is 4. The number of nitrogens with two attached hydrogens (primary N) is 1. The van der Waals surface area contributed by atoms with Crippen LogP contribution in [0.2, 0.25) is 0 Å². The van der Waals surface area contributed by atoms with Gasteiger partial charge in [0, 0.05) is 6.54 Å². The second-order valence-electron chi connectivity index (χ2n) is 3.43. The molecule has 0 bridgehead atoms. The van der Waals surface area contributed by atoms with E-state index in [9.17, 15) is 9.59 Å². The van der Waals surface area contributed by atoms with Gasteiger partial charge in [0.2, 0.25) is 11.8 Å². The highest BCUT2D eigenvalue weighted by molar-refractivity contribution is 5.87. The molecule has 5 heteroatoms. The first-order chi connectivity index (χ1) is 6.66. The van der Waals surface area contributed by atoms with Crippen LogP contribution >= 0.6 is 0 Å². The van der Waals surface area contributed by atoms with Gasteiger partial charge < -0.3 is 16.0 Å². The molecule has 1 heterocycles. The van der Waals surface area contributed by atoms with Gasteiger partial charge in [-0.3, -0.25) is 9.59 Å². The Kier molecular flexibility index (Phi) is 3.88. The molecule has 0 aromatic rings. The Bertz CT molecular complexity index is 230. The predicted octanol–water partition coefficient (Wildman–Crippen LogP) is -0.928. The molecule has 0 aromatic heterocycles. The number of hydrogen-bond acceptors (Lipinski definition) is 3. The van der Waals surface area contributed by atoms with Crippen LogP contribution in [-0.2, 0) is 9.59 Å². The van der Waals surface area contributed by atoms with Crippen LogP contribution in [0.15, 0.2) is 0 Å². The predicted molar refractivity (Wildman–Crippen MR) is 52.5 cm³/mol. The van der Waals surface area contributed by atoms with Gasteiger partial charge in [-0.05, 0) is 19.4 Å². The molecule has 0 radical (unpaired) electrons. The van der Waals surface area contributed by atoms with Crippen molar-refractivity contribution < 1.29 is 9.59 Å². The van der Waals surface area contributed by atoms with Gasteiger partial charge in [-0.15, -0.1) is 0 Å². The number of likely N-dealkylation sites (tertiary alicyclic amines) is 1. The van der Waals surface area contributed by atoms with Gasteiger partial charge in [0.1, 0.15) is 6.04 Å². The normalized spacial score (nSPS) is 21.2. The zero-order chi connectivity index (χ0) is 10.6. The molecular weight excluding hydrogens is 182 g/mol. The first-order valence-corrected chi connectivity index (χ1v) is 4.96. The Morgan fingerprint density at radius 1 is 1.57 bits per heavy atom. The summed E-state index contributed by atoms with van der Waals surface area (Å²) in [5.74, 6) is -0.430. The minimum absolute atomic E-state index is 0.0341. The lowest BCUT2D eigenvalue weighted by Crippen LogP contribution is -2.46. The van der Waals surface area contributed by atoms with Crippen molar-refractivity contribution in [3.63, 3.8) is 0 Å². The van der Waals surface area contributed by atoms with E-state index in [4.69, 9.17) is 5.73 Å². The second-order valence-corrected chi connectivity index (χ2v) is 3.43. The lowest BCUT2D eigenvalue weighted by molar-refractivity contribution is -0.136. The summed E-state index contributed by atoms with van der Waals surface area (Å²) in [5.41, 5.74) is 5.20. The van der Waals surface area contributed by atoms with Gasteiger partial charge in [-0.2, -0.15) is 0 Å². The van der Waals surface area contributed by atoms with Crippen LogP contribution in [0.5, 0.6) is 0 Å². The average Bonchev–Trinajstić information content (AvgIpc) is 2.62. The Hall–Kier alpha value is -1.10. The third-order valence-electron chi connectivity index (χ3n) is 2.43. The smallest absolute Gasteiger partial charge is 0.240 e. The van der Waals surface area contributed by atoms with Crippen LogP contribution in [0.3, 0.4) is 0 Å². The molecule has 5 nitrogen and oxygen atoms in total. The number of carbonyl (C=O) groups is 2. The molecule has 80 valence electrons. The van der Waals surface area contributed by atoms with Crippen molar-refractivity contribution in [3.8, 4) is 0 Å². The van der Waals surface area contributed by atoms with Crippen LogP contribution in [0.1, 0.15) is 19.8 Å². The molecule has 1 fully saturated rings. The highest BCUT2D eigenvalue weighted by Gasteiger charge is 2.31. The molecule has 3 N–H and O–H groups in total. The van der Waals surface area contributed by atoms with E-state index in [0.717, 1.165) is 13.0 Å². The summed E-state index contributed by atoms with van der Waals surface area (Å²) in [6.07, 6.45) is 1.57. The van der Waals surface area contributed by atoms with E-state index in [0.29, 0.717) is 19.5 Å². The maximum Gasteiger partial charge on any atom is 0.240 e. The molecule has 2 amide bonds. The molecule has 1 saturated heterocycles. The zero-order valence-electron chi connectivity index (χ0n) is 8.45. The van der Waals surface area contributed by atoms with E-state index < -0.39 is 5.91 Å². The second kappa shape index (κ2) is 4.95. The Labute approximate surface area is 83.6 Å². The summed E-state index contributed by atoms with van der Waals surface area (Å²) in [4.78, 5) is 24.1. The van der Waals surface area contributed by atoms with Gasteiger partial charge in [-0.25, -0.2) is 0 Å². The fourth-order valence-corrected chi connectivity index (χ4v) is 1.69. The van der Waals surface area contributed by atoms with Crippen molar-refractivity contribution in [1.29, 1.82) is 0 Å². The standard InChI is InChI=1S/C9H17N3O2/c1-2-11-6-8(13)12-5-3-4-7(12)9(10)14/h7,11H,2-6H2,1H3,(H2,10,14). The SMILES string of the molecule is CCNCC(=O)N1CCCC1C(N)=O. The molecule has 0 saturated carbocycles. The molecular formula is C9H17N3O2. The first kappa shape index (κ1) is 11.0. The molecule has 1 aliphatic rings. The number of amides is 2. The van der Waals surface area contributed by atoms with Crippen LogP contribution in [0.4, 0.5) is 0 Å². The topological polar surface area (TPSA) is 75.4 Å². The average molecular weight is 199 g/mol. The van der Waals surface area contributed by atoms with Gasteiger partial charge in [0.05, 0.1) is 6.54 Å². The minimum atomic E-state index is -0.396. The molecule has 1 atom stereocenters. The van der Waals surface area contributed by atoms with Crippen molar-refractivity contribution in [2.45, 2.75) is 25.8 Å². The van der Waals surface area contributed by atoms with Crippen molar-refractivity contribution in [3.05, 3.63) is 0 Å². The third kappa shape index (κ3) is 2.45. The molecule has 1 rings (SSSR count). The number of primary amides is 1. The number of likely N-dealkylation sites (N-methyl/N-ethyl adjacent to an activating group) is 1. The van der Waals surface area contributed by atoms with Crippen LogP contribution < -0.4 is 11.1 Å². The Morgan fingerprint density at radius 2 is 2.29 bits per heavy atom. The van der Waals surface area contributed by atoms with E-state index in [1.54, 1.807) is 4.90 Å². The van der Waals surface area contributed by atoms with Gasteiger partial charge in [0.15, 0.2) is 0 Å². The number of carbonyl (C=O) groups excluding carboxylic acids is 2. The molecule has 0 spiro atoms. The maximum absolute atomic E-state index is 11.6. The van der Waals surface area contributed by atoms with E-state index in [1.807, 2.05) is 6.92 Å². The first-order valence-electron chi connectivity index (χ1n) is 4.96. The van der Waals surface area contributed by atoms with Crippen molar-refractivity contribution >= 4 is 11.8 Å². The Morgan fingerprint density at radius 3 is 2.86 bits per heavy atom. The third-order valence-corrected chi connectivity index (χ3v) is 2.43. The lowest BCUT2D eigenvalue weighted by atomic mass is 10.2. The molecule has 1 aliphatic heterocycles. The van der Waals surface area contributed by atoms with E-state index >= 15 is 0 Å². The van der Waals surface area contributed by atoms with Gasteiger partial charge >= 0.3 is 0 Å². The quantitative estimate of drug-likeness (QED) is 0.614. The fourth-order valence-electron chi connectivity index (χ4n) is 1.69. The highest BCUT2D eigenvalue weighted by atomic mass is 16.2. The number of nitrogens with one attached hydrogen (secondary N) is 1. The summed E-state index contributed by atoms with van der Waals surface area (Å²) in [6.45, 7) is 3.63. The van der Waals surface area contributed by atoms with Crippen molar-refractivity contribution in [1.82, 2.24) is 10.2 Å². The molecule has 0 aromatic carbocycles. The highest BCUT2D eigenvalue weighted by Crippen LogP contribution is 2.16. The summed E-state index contributed by atoms with van der Waals surface area (Å²) in [6, 6.07) is -0.388. The monoisotopic (exact) mass is 199 g/mol. The van der Waals surface area contributed by atoms with Gasteiger partial charge in [-0.1, -0.05) is 6.92 Å². The van der Waals surface area contributed by atoms with Gasteiger partial charge in [0.25, 0.3) is 0 Å². The van der Waals surface area contributed by atoms with Crippen LogP contribution in [0.25, 0.3) is 0 Å². The largest absolute Gasteiger partial charge is 0.368 e. The van der Waals surface area contributed by atoms with Crippen LogP contribution in [-0.4, -0.2) is 42.4 Å². The maximum atomic E-state index is 11.6. The molecule has 0 aliphatic carbocycles. The molecule has 1 unspecified atom stereocenters. The zero-order valence-corrected chi connectivity index (χ0v) is 8.45. The number of nitrogens with zero attached hydrogens (tertiary/aromatic N) is 1. The van der Waals surface area contributed by atoms with E-state index in [1.165, 1.54) is 0 Å². The van der Waals surface area contributed by atoms with E-state index in [-0.39, 0.29) is 11.9 Å². The molecule has 14 heavy (non-hydrogen) atoms. The van der Waals surface area contributed by atoms with Crippen molar-refractivity contribution in [2.75, 3.05) is 19.6 Å². The summed E-state index contributed by atoms with van der Waals surface area (Å²) in [5, 5.41) is 2.94. The lowest BCUT2D eigenvalue weighted by Gasteiger charge is -2.22. The minimum Gasteiger partial charge on any atom is -0.368 e. The number of hydrogen-bond donors (Lipinski definition) is 2. The summed E-state index contributed by atoms with van der Waals surface area (Å²) in [7, 11) is 0. The van der Waals surface area contributed by atoms with Crippen LogP contribution in [0, 0.1) is 0 Å². The summed E-state index contributed by atoms with van der Waals surface area (Å²) < 4.78 is 0. The fraction of sp³-hybridized carbons (Fsp3) is 0.778.